The zero-order valence-electron chi connectivity index (χ0n) is 24.6. The van der Waals surface area contributed by atoms with Crippen LogP contribution in [-0.2, 0) is 17.6 Å². The van der Waals surface area contributed by atoms with Gasteiger partial charge in [-0.15, -0.1) is 18.3 Å². The Morgan fingerprint density at radius 1 is 1.09 bits per heavy atom. The van der Waals surface area contributed by atoms with Crippen molar-refractivity contribution in [2.45, 2.75) is 39.5 Å². The number of nitrogens with zero attached hydrogens (tertiary/aromatic N) is 5. The van der Waals surface area contributed by atoms with E-state index < -0.39 is 12.4 Å². The van der Waals surface area contributed by atoms with Gasteiger partial charge in [-0.05, 0) is 66.6 Å². The first-order valence-corrected chi connectivity index (χ1v) is 15.4. The van der Waals surface area contributed by atoms with Crippen LogP contribution in [0.25, 0.3) is 17.1 Å². The normalized spacial score (nSPS) is 15.0. The molecule has 1 aliphatic heterocycles. The molecule has 0 spiro atoms. The number of carbonyl (C=O) groups excluding carboxylic acids is 2. The van der Waals surface area contributed by atoms with Gasteiger partial charge in [-0.1, -0.05) is 68.1 Å². The molecule has 0 aliphatic carbocycles. The van der Waals surface area contributed by atoms with Crippen LogP contribution in [0.3, 0.4) is 0 Å². The first-order valence-electron chi connectivity index (χ1n) is 14.4. The molecule has 1 aliphatic rings. The van der Waals surface area contributed by atoms with Crippen LogP contribution in [0.1, 0.15) is 31.4 Å². The van der Waals surface area contributed by atoms with E-state index in [0.717, 1.165) is 41.6 Å². The van der Waals surface area contributed by atoms with Crippen LogP contribution in [0.4, 0.5) is 23.7 Å². The van der Waals surface area contributed by atoms with Gasteiger partial charge in [-0.2, -0.15) is 4.99 Å². The van der Waals surface area contributed by atoms with Gasteiger partial charge >= 0.3 is 12.4 Å². The van der Waals surface area contributed by atoms with E-state index in [1.165, 1.54) is 51.9 Å². The zero-order chi connectivity index (χ0) is 32.0. The van der Waals surface area contributed by atoms with E-state index in [-0.39, 0.29) is 23.3 Å². The van der Waals surface area contributed by atoms with Crippen molar-refractivity contribution in [2.24, 2.45) is 10.9 Å². The standard InChI is InChI=1S/C32H31F3N6O3S/c1-3-23-6-4-5-7-27(23)41-28(42)19-45-31(41)38-30(43)36-17-16-21(2)18-22-8-10-24(11-9-22)29-37-20-40(39-29)25-12-14-26(15-13-25)44-32(33,34)35/h4-15,20-21H,3,16-19H2,1-2H3,(H,36,43). The summed E-state index contributed by atoms with van der Waals surface area (Å²) in [6.45, 7) is 4.57. The lowest BCUT2D eigenvalue weighted by Crippen LogP contribution is -2.32. The first-order chi connectivity index (χ1) is 21.6. The number of urea groups is 1. The third-order valence-electron chi connectivity index (χ3n) is 7.11. The van der Waals surface area contributed by atoms with Gasteiger partial charge in [0.25, 0.3) is 0 Å². The molecule has 1 N–H and O–H groups in total. The van der Waals surface area contributed by atoms with E-state index in [4.69, 9.17) is 0 Å². The third-order valence-corrected chi connectivity index (χ3v) is 8.04. The molecule has 1 aromatic heterocycles. The van der Waals surface area contributed by atoms with Crippen molar-refractivity contribution >= 4 is 34.6 Å². The van der Waals surface area contributed by atoms with Gasteiger partial charge in [0.05, 0.1) is 17.1 Å². The lowest BCUT2D eigenvalue weighted by atomic mass is 9.97. The Morgan fingerprint density at radius 3 is 2.53 bits per heavy atom. The van der Waals surface area contributed by atoms with Gasteiger partial charge in [0.1, 0.15) is 12.1 Å². The molecule has 13 heteroatoms. The van der Waals surface area contributed by atoms with Gasteiger partial charge in [0.2, 0.25) is 5.91 Å². The third kappa shape index (κ3) is 8.29. The molecule has 4 aromatic rings. The molecule has 3 amide bonds. The van der Waals surface area contributed by atoms with Crippen LogP contribution >= 0.6 is 11.8 Å². The average Bonchev–Trinajstić information content (AvgIpc) is 3.64. The number of ether oxygens (including phenoxy) is 1. The number of aliphatic imine (C=N–C) groups is 1. The van der Waals surface area contributed by atoms with E-state index in [2.05, 4.69) is 32.1 Å². The second kappa shape index (κ2) is 14.0. The number of para-hydroxylation sites is 1. The van der Waals surface area contributed by atoms with Crippen LogP contribution in [0.15, 0.2) is 84.1 Å². The summed E-state index contributed by atoms with van der Waals surface area (Å²) in [7, 11) is 0. The van der Waals surface area contributed by atoms with Crippen molar-refractivity contribution in [3.63, 3.8) is 0 Å². The Labute approximate surface area is 262 Å². The molecule has 2 heterocycles. The molecule has 0 radical (unpaired) electrons. The first kappa shape index (κ1) is 31.8. The fourth-order valence-electron chi connectivity index (χ4n) is 4.88. The lowest BCUT2D eigenvalue weighted by Gasteiger charge is -2.19. The van der Waals surface area contributed by atoms with Crippen molar-refractivity contribution < 1.29 is 27.5 Å². The number of amides is 3. The average molecular weight is 637 g/mol. The van der Waals surface area contributed by atoms with Crippen LogP contribution in [0.5, 0.6) is 5.75 Å². The number of alkyl halides is 3. The second-order valence-corrected chi connectivity index (χ2v) is 11.4. The molecular weight excluding hydrogens is 605 g/mol. The largest absolute Gasteiger partial charge is 0.573 e. The molecule has 1 unspecified atom stereocenters. The molecular formula is C32H31F3N6O3S. The van der Waals surface area contributed by atoms with Crippen molar-refractivity contribution in [3.05, 3.63) is 90.3 Å². The summed E-state index contributed by atoms with van der Waals surface area (Å²) in [5.41, 5.74) is 4.23. The van der Waals surface area contributed by atoms with E-state index in [9.17, 15) is 22.8 Å². The minimum atomic E-state index is -4.75. The number of rotatable bonds is 10. The van der Waals surface area contributed by atoms with Crippen LogP contribution in [-0.4, -0.2) is 50.5 Å². The number of thioether (sulfide) groups is 1. The van der Waals surface area contributed by atoms with E-state index in [1.54, 1.807) is 0 Å². The molecule has 0 saturated carbocycles. The van der Waals surface area contributed by atoms with Gasteiger partial charge in [0.15, 0.2) is 11.0 Å². The number of aromatic nitrogens is 3. The lowest BCUT2D eigenvalue weighted by molar-refractivity contribution is -0.274. The smallest absolute Gasteiger partial charge is 0.406 e. The summed E-state index contributed by atoms with van der Waals surface area (Å²) in [6, 6.07) is 20.4. The number of amidine groups is 1. The van der Waals surface area contributed by atoms with Gasteiger partial charge < -0.3 is 10.1 Å². The van der Waals surface area contributed by atoms with Crippen molar-refractivity contribution in [2.75, 3.05) is 17.2 Å². The zero-order valence-corrected chi connectivity index (χ0v) is 25.4. The molecule has 0 bridgehead atoms. The topological polar surface area (TPSA) is 102 Å². The highest BCUT2D eigenvalue weighted by Gasteiger charge is 2.32. The molecule has 234 valence electrons. The highest BCUT2D eigenvalue weighted by Crippen LogP contribution is 2.30. The fourth-order valence-corrected chi connectivity index (χ4v) is 5.73. The minimum Gasteiger partial charge on any atom is -0.406 e. The summed E-state index contributed by atoms with van der Waals surface area (Å²) in [5.74, 6) is 0.600. The summed E-state index contributed by atoms with van der Waals surface area (Å²) in [5, 5.41) is 7.68. The maximum atomic E-state index is 12.6. The van der Waals surface area contributed by atoms with Gasteiger partial charge in [0, 0.05) is 12.1 Å². The molecule has 45 heavy (non-hydrogen) atoms. The van der Waals surface area contributed by atoms with Crippen LogP contribution in [0.2, 0.25) is 0 Å². The van der Waals surface area contributed by atoms with E-state index in [1.807, 2.05) is 55.5 Å². The number of anilines is 1. The summed E-state index contributed by atoms with van der Waals surface area (Å²) in [4.78, 5) is 35.2. The highest BCUT2D eigenvalue weighted by molar-refractivity contribution is 8.15. The number of halogens is 3. The Kier molecular flexibility index (Phi) is 9.87. The maximum absolute atomic E-state index is 12.6. The molecule has 1 saturated heterocycles. The summed E-state index contributed by atoms with van der Waals surface area (Å²) < 4.78 is 42.6. The predicted molar refractivity (Wildman–Crippen MR) is 168 cm³/mol. The summed E-state index contributed by atoms with van der Waals surface area (Å²) in [6.07, 6.45) is -0.956. The Hall–Kier alpha value is -4.65. The number of nitrogens with one attached hydrogen (secondary N) is 1. The molecule has 1 fully saturated rings. The molecule has 1 atom stereocenters. The molecule has 3 aromatic carbocycles. The van der Waals surface area contributed by atoms with Crippen LogP contribution in [0, 0.1) is 5.92 Å². The Morgan fingerprint density at radius 2 is 1.82 bits per heavy atom. The minimum absolute atomic E-state index is 0.0932. The highest BCUT2D eigenvalue weighted by atomic mass is 32.2. The van der Waals surface area contributed by atoms with Crippen molar-refractivity contribution in [3.8, 4) is 22.8 Å². The number of aryl methyl sites for hydroxylation is 1. The summed E-state index contributed by atoms with van der Waals surface area (Å²) >= 11 is 1.26. The number of hydrogen-bond acceptors (Lipinski definition) is 6. The second-order valence-electron chi connectivity index (χ2n) is 10.5. The van der Waals surface area contributed by atoms with E-state index in [0.29, 0.717) is 23.2 Å². The van der Waals surface area contributed by atoms with Crippen molar-refractivity contribution in [1.82, 2.24) is 20.1 Å². The molecule has 9 nitrogen and oxygen atoms in total. The SMILES string of the molecule is CCc1ccccc1N1C(=O)CSC1=NC(=O)NCCC(C)Cc1ccc(-c2ncn(-c3ccc(OC(F)(F)F)cc3)n2)cc1. The number of benzene rings is 3. The van der Waals surface area contributed by atoms with E-state index >= 15 is 0 Å². The van der Waals surface area contributed by atoms with Crippen molar-refractivity contribution in [1.29, 1.82) is 0 Å². The van der Waals surface area contributed by atoms with Gasteiger partial charge in [-0.3, -0.25) is 9.69 Å². The number of hydrogen-bond donors (Lipinski definition) is 1. The monoisotopic (exact) mass is 636 g/mol. The maximum Gasteiger partial charge on any atom is 0.573 e. The Balaban J connectivity index is 1.11. The van der Waals surface area contributed by atoms with Crippen LogP contribution < -0.4 is 15.0 Å². The quantitative estimate of drug-likeness (QED) is 0.205. The Bertz CT molecular complexity index is 1670. The fraction of sp³-hybridized carbons (Fsp3) is 0.281. The number of carbonyl (C=O) groups is 2. The predicted octanol–water partition coefficient (Wildman–Crippen LogP) is 6.81. The molecule has 5 rings (SSSR count). The van der Waals surface area contributed by atoms with Gasteiger partial charge in [-0.25, -0.2) is 14.5 Å².